The van der Waals surface area contributed by atoms with E-state index in [4.69, 9.17) is 29.4 Å². The molecule has 0 saturated carbocycles. The van der Waals surface area contributed by atoms with Crippen molar-refractivity contribution >= 4 is 37.1 Å². The number of hydrogen-bond donors (Lipinski definition) is 6. The van der Waals surface area contributed by atoms with Gasteiger partial charge in [-0.05, 0) is 23.6 Å². The van der Waals surface area contributed by atoms with Crippen LogP contribution in [0.4, 0.5) is 0 Å². The van der Waals surface area contributed by atoms with Gasteiger partial charge in [-0.3, -0.25) is 0 Å². The van der Waals surface area contributed by atoms with E-state index in [0.717, 1.165) is 0 Å². The molecular weight excluding hydrogens is 323 g/mol. The molecule has 14 heavy (non-hydrogen) atoms. The number of hydrogen-bond acceptors (Lipinski definition) is 2. The van der Waals surface area contributed by atoms with E-state index in [1.54, 1.807) is 0 Å². The fourth-order valence-corrected chi connectivity index (χ4v) is 0. The van der Waals surface area contributed by atoms with Gasteiger partial charge < -0.3 is 29.4 Å². The molecule has 0 aromatic rings. The van der Waals surface area contributed by atoms with Crippen molar-refractivity contribution in [1.82, 2.24) is 0 Å². The van der Waals surface area contributed by atoms with Crippen molar-refractivity contribution < 1.29 is 48.8 Å². The van der Waals surface area contributed by atoms with Gasteiger partial charge in [-0.1, -0.05) is 0 Å². The molecule has 0 aromatic carbocycles. The molecule has 11 heteroatoms. The summed E-state index contributed by atoms with van der Waals surface area (Å²) < 4.78 is 0. The van der Waals surface area contributed by atoms with Crippen LogP contribution in [-0.2, 0) is 43.1 Å². The van der Waals surface area contributed by atoms with Crippen molar-refractivity contribution in [2.24, 2.45) is 0 Å². The van der Waals surface area contributed by atoms with Crippen LogP contribution in [0.2, 0.25) is 0 Å². The molecular formula is C3H11O6P2S2Zn-. The minimum absolute atomic E-state index is 0. The molecule has 0 saturated heterocycles. The molecule has 0 heterocycles. The Labute approximate surface area is 105 Å². The smallest absolute Gasteiger partial charge is 0.319 e. The molecule has 0 fully saturated rings. The molecule has 0 aliphatic heterocycles. The first-order chi connectivity index (χ1) is 5.41. The van der Waals surface area contributed by atoms with Crippen molar-refractivity contribution in [3.63, 3.8) is 0 Å². The van der Waals surface area contributed by atoms with E-state index in [9.17, 15) is 0 Å². The quantitative estimate of drug-likeness (QED) is 0.197. The summed E-state index contributed by atoms with van der Waals surface area (Å²) in [6.45, 7) is -1.11. The second-order valence-electron chi connectivity index (χ2n) is 1.32. The third-order valence-electron chi connectivity index (χ3n) is 0. The first kappa shape index (κ1) is 24.5. The van der Waals surface area contributed by atoms with Crippen LogP contribution in [0.15, 0.2) is 12.7 Å². The zero-order chi connectivity index (χ0) is 11.7. The Hall–Kier alpha value is 1.29. The third kappa shape index (κ3) is 1200. The van der Waals surface area contributed by atoms with E-state index >= 15 is 0 Å². The van der Waals surface area contributed by atoms with Gasteiger partial charge in [0.15, 0.2) is 0 Å². The van der Waals surface area contributed by atoms with E-state index < -0.39 is 13.4 Å². The van der Waals surface area contributed by atoms with Gasteiger partial charge in [0.2, 0.25) is 0 Å². The molecule has 0 radical (unpaired) electrons. The second-order valence-corrected chi connectivity index (χ2v) is 6.31. The van der Waals surface area contributed by atoms with Crippen LogP contribution in [-0.4, -0.2) is 29.4 Å². The molecule has 0 bridgehead atoms. The average molecular weight is 335 g/mol. The zero-order valence-electron chi connectivity index (χ0n) is 7.09. The van der Waals surface area contributed by atoms with E-state index in [2.05, 4.69) is 37.1 Å². The standard InChI is InChI=1S/C3H5.2H3O3PS.Zn/c1-3-2;2*1-4(2,3)5;/h3H,1-2H2;2*(H3,1,2,3,5);/q-1;;;. The maximum atomic E-state index is 7.56. The summed E-state index contributed by atoms with van der Waals surface area (Å²) in [5.41, 5.74) is 0. The maximum absolute atomic E-state index is 7.56. The topological polar surface area (TPSA) is 121 Å². The Morgan fingerprint density at radius 3 is 0.929 bits per heavy atom. The zero-order valence-corrected chi connectivity index (χ0v) is 13.5. The average Bonchev–Trinajstić information content (AvgIpc) is 1.52. The van der Waals surface area contributed by atoms with Crippen molar-refractivity contribution in [3.05, 3.63) is 19.6 Å². The summed E-state index contributed by atoms with van der Waals surface area (Å²) in [5, 5.41) is 0. The molecule has 84 valence electrons. The van der Waals surface area contributed by atoms with E-state index in [-0.39, 0.29) is 19.5 Å². The normalized spacial score (nSPS) is 9.29. The largest absolute Gasteiger partial charge is 0.325 e. The minimum Gasteiger partial charge on any atom is -0.325 e. The fourth-order valence-electron chi connectivity index (χ4n) is 0. The summed E-state index contributed by atoms with van der Waals surface area (Å²) in [4.78, 5) is 45.3. The van der Waals surface area contributed by atoms with Crippen molar-refractivity contribution in [2.75, 3.05) is 0 Å². The van der Waals surface area contributed by atoms with Gasteiger partial charge in [0.05, 0.1) is 0 Å². The first-order valence-electron chi connectivity index (χ1n) is 2.38. The van der Waals surface area contributed by atoms with Crippen LogP contribution in [0.5, 0.6) is 0 Å². The molecule has 0 aromatic heterocycles. The van der Waals surface area contributed by atoms with Gasteiger partial charge >= 0.3 is 13.4 Å². The Morgan fingerprint density at radius 2 is 0.929 bits per heavy atom. The predicted octanol–water partition coefficient (Wildman–Crippen LogP) is -0.620. The van der Waals surface area contributed by atoms with Gasteiger partial charge in [0, 0.05) is 19.5 Å². The second kappa shape index (κ2) is 12.4. The summed E-state index contributed by atoms with van der Waals surface area (Å²) >= 11 is 7.21. The van der Waals surface area contributed by atoms with E-state index in [1.807, 2.05) is 0 Å². The monoisotopic (exact) mass is 333 g/mol. The Bertz CT molecular complexity index is 175. The molecule has 0 unspecified atom stereocenters. The van der Waals surface area contributed by atoms with Crippen molar-refractivity contribution in [2.45, 2.75) is 0 Å². The molecule has 0 rings (SSSR count). The minimum atomic E-state index is -3.81. The number of rotatable bonds is 0. The summed E-state index contributed by atoms with van der Waals surface area (Å²) in [5.74, 6) is 0. The van der Waals surface area contributed by atoms with Crippen LogP contribution in [0.3, 0.4) is 0 Å². The Morgan fingerprint density at radius 1 is 0.929 bits per heavy atom. The van der Waals surface area contributed by atoms with Gasteiger partial charge in [-0.25, -0.2) is 19.6 Å². The maximum Gasteiger partial charge on any atom is 0.319 e. The molecule has 0 spiro atoms. The number of allylic oxidation sites excluding steroid dienone is 1. The SMILES string of the molecule is C=C[CH2-].OP(O)(O)=S.OP(O)(O)=S.[Zn]. The van der Waals surface area contributed by atoms with Crippen LogP contribution in [0.1, 0.15) is 0 Å². The van der Waals surface area contributed by atoms with Gasteiger partial charge in [0.25, 0.3) is 0 Å². The Balaban J connectivity index is -0.0000000535. The van der Waals surface area contributed by atoms with Gasteiger partial charge in [0.1, 0.15) is 0 Å². The van der Waals surface area contributed by atoms with Crippen LogP contribution in [0.25, 0.3) is 0 Å². The first-order valence-corrected chi connectivity index (χ1v) is 7.70. The molecule has 6 N–H and O–H groups in total. The summed E-state index contributed by atoms with van der Waals surface area (Å²) in [7, 11) is 0. The summed E-state index contributed by atoms with van der Waals surface area (Å²) in [6, 6.07) is 0. The third-order valence-corrected chi connectivity index (χ3v) is 0. The van der Waals surface area contributed by atoms with E-state index in [0.29, 0.717) is 0 Å². The molecule has 0 atom stereocenters. The predicted molar refractivity (Wildman–Crippen MR) is 57.4 cm³/mol. The van der Waals surface area contributed by atoms with E-state index in [1.165, 1.54) is 6.08 Å². The molecule has 0 aliphatic rings. The van der Waals surface area contributed by atoms with Crippen LogP contribution in [0, 0.1) is 6.92 Å². The van der Waals surface area contributed by atoms with Crippen LogP contribution >= 0.6 is 13.4 Å². The van der Waals surface area contributed by atoms with Crippen molar-refractivity contribution in [1.29, 1.82) is 0 Å². The molecule has 6 nitrogen and oxygen atoms in total. The Kier molecular flexibility index (Phi) is 21.6. The van der Waals surface area contributed by atoms with Gasteiger partial charge in [-0.2, -0.15) is 0 Å². The fraction of sp³-hybridized carbons (Fsp3) is 0. The molecule has 0 amide bonds. The summed E-state index contributed by atoms with van der Waals surface area (Å²) in [6.07, 6.45) is 1.50. The van der Waals surface area contributed by atoms with Crippen LogP contribution < -0.4 is 0 Å². The van der Waals surface area contributed by atoms with Gasteiger partial charge in [-0.15, -0.1) is 0 Å². The molecule has 0 aliphatic carbocycles. The van der Waals surface area contributed by atoms with Crippen molar-refractivity contribution in [3.8, 4) is 0 Å².